The van der Waals surface area contributed by atoms with Crippen LogP contribution in [0.2, 0.25) is 10.0 Å². The normalized spacial score (nSPS) is 13.1. The molecular formula is C12H13Cl2F3N2O. The number of hydrogen-bond acceptors (Lipinski definition) is 2. The minimum Gasteiger partial charge on any atom is -0.322 e. The largest absolute Gasteiger partial charge is 0.390 e. The van der Waals surface area contributed by atoms with E-state index in [1.807, 2.05) is 0 Å². The van der Waals surface area contributed by atoms with Gasteiger partial charge in [-0.05, 0) is 19.1 Å². The highest BCUT2D eigenvalue weighted by Gasteiger charge is 2.29. The van der Waals surface area contributed by atoms with E-state index in [1.165, 1.54) is 6.92 Å². The number of hydrogen-bond donors (Lipinski definition) is 2. The molecule has 20 heavy (non-hydrogen) atoms. The predicted molar refractivity (Wildman–Crippen MR) is 73.2 cm³/mol. The van der Waals surface area contributed by atoms with Crippen LogP contribution in [-0.2, 0) is 4.79 Å². The van der Waals surface area contributed by atoms with Crippen LogP contribution in [0.3, 0.4) is 0 Å². The van der Waals surface area contributed by atoms with Crippen LogP contribution in [0.15, 0.2) is 18.2 Å². The third-order valence-electron chi connectivity index (χ3n) is 2.38. The van der Waals surface area contributed by atoms with Crippen LogP contribution in [0.4, 0.5) is 18.9 Å². The van der Waals surface area contributed by atoms with Crippen molar-refractivity contribution in [3.8, 4) is 0 Å². The van der Waals surface area contributed by atoms with Crippen molar-refractivity contribution in [2.24, 2.45) is 0 Å². The van der Waals surface area contributed by atoms with Crippen LogP contribution in [0.1, 0.15) is 13.3 Å². The van der Waals surface area contributed by atoms with Gasteiger partial charge in [-0.25, -0.2) is 0 Å². The van der Waals surface area contributed by atoms with Crippen LogP contribution in [-0.4, -0.2) is 24.7 Å². The molecule has 1 rings (SSSR count). The Kier molecular flexibility index (Phi) is 6.10. The standard InChI is InChI=1S/C12H13Cl2F3N2O/c1-7(5-12(15,16)17)18-6-10(20)19-11-8(13)3-2-4-9(11)14/h2-4,7,18H,5-6H2,1H3,(H,19,20). The molecule has 0 heterocycles. The summed E-state index contributed by atoms with van der Waals surface area (Å²) < 4.78 is 36.3. The quantitative estimate of drug-likeness (QED) is 0.861. The third-order valence-corrected chi connectivity index (χ3v) is 3.01. The van der Waals surface area contributed by atoms with Crippen LogP contribution < -0.4 is 10.6 Å². The topological polar surface area (TPSA) is 41.1 Å². The number of para-hydroxylation sites is 1. The smallest absolute Gasteiger partial charge is 0.322 e. The Labute approximate surface area is 124 Å². The highest BCUT2D eigenvalue weighted by atomic mass is 35.5. The van der Waals surface area contributed by atoms with Gasteiger partial charge in [-0.15, -0.1) is 0 Å². The highest BCUT2D eigenvalue weighted by Crippen LogP contribution is 2.29. The lowest BCUT2D eigenvalue weighted by Gasteiger charge is -2.16. The van der Waals surface area contributed by atoms with Gasteiger partial charge in [-0.2, -0.15) is 13.2 Å². The summed E-state index contributed by atoms with van der Waals surface area (Å²) >= 11 is 11.7. The molecule has 1 atom stereocenters. The second kappa shape index (κ2) is 7.15. The fraction of sp³-hybridized carbons (Fsp3) is 0.417. The van der Waals surface area contributed by atoms with E-state index < -0.39 is 24.5 Å². The zero-order chi connectivity index (χ0) is 15.3. The van der Waals surface area contributed by atoms with Crippen molar-refractivity contribution in [3.63, 3.8) is 0 Å². The Bertz CT molecular complexity index is 460. The van der Waals surface area contributed by atoms with Crippen molar-refractivity contribution in [1.82, 2.24) is 5.32 Å². The van der Waals surface area contributed by atoms with Gasteiger partial charge in [0.25, 0.3) is 0 Å². The Morgan fingerprint density at radius 3 is 2.35 bits per heavy atom. The SMILES string of the molecule is CC(CC(F)(F)F)NCC(=O)Nc1c(Cl)cccc1Cl. The number of carbonyl (C=O) groups excluding carboxylic acids is 1. The van der Waals surface area contributed by atoms with Gasteiger partial charge in [0.1, 0.15) is 0 Å². The van der Waals surface area contributed by atoms with Gasteiger partial charge in [0, 0.05) is 6.04 Å². The number of anilines is 1. The maximum absolute atomic E-state index is 12.1. The van der Waals surface area contributed by atoms with Crippen LogP contribution in [0, 0.1) is 0 Å². The average molecular weight is 329 g/mol. The van der Waals surface area contributed by atoms with E-state index in [2.05, 4.69) is 10.6 Å². The molecule has 0 saturated carbocycles. The van der Waals surface area contributed by atoms with E-state index in [0.717, 1.165) is 0 Å². The lowest BCUT2D eigenvalue weighted by molar-refractivity contribution is -0.139. The summed E-state index contributed by atoms with van der Waals surface area (Å²) in [4.78, 5) is 11.6. The zero-order valence-corrected chi connectivity index (χ0v) is 12.0. The summed E-state index contributed by atoms with van der Waals surface area (Å²) in [7, 11) is 0. The second-order valence-corrected chi connectivity index (χ2v) is 5.06. The van der Waals surface area contributed by atoms with E-state index in [4.69, 9.17) is 23.2 Å². The molecule has 8 heteroatoms. The number of carbonyl (C=O) groups is 1. The van der Waals surface area contributed by atoms with Crippen LogP contribution >= 0.6 is 23.2 Å². The van der Waals surface area contributed by atoms with E-state index in [-0.39, 0.29) is 22.3 Å². The number of benzene rings is 1. The molecule has 0 aliphatic heterocycles. The molecule has 0 aliphatic carbocycles. The molecule has 1 aromatic carbocycles. The first-order valence-electron chi connectivity index (χ1n) is 5.73. The minimum absolute atomic E-state index is 0.242. The van der Waals surface area contributed by atoms with Crippen molar-refractivity contribution in [1.29, 1.82) is 0 Å². The number of amides is 1. The Morgan fingerprint density at radius 2 is 1.85 bits per heavy atom. The maximum Gasteiger partial charge on any atom is 0.390 e. The summed E-state index contributed by atoms with van der Waals surface area (Å²) in [5.41, 5.74) is 0.242. The van der Waals surface area contributed by atoms with Crippen molar-refractivity contribution >= 4 is 34.8 Å². The molecule has 1 unspecified atom stereocenters. The first-order chi connectivity index (χ1) is 9.19. The van der Waals surface area contributed by atoms with Gasteiger partial charge in [0.05, 0.1) is 28.7 Å². The molecule has 3 nitrogen and oxygen atoms in total. The van der Waals surface area contributed by atoms with Crippen LogP contribution in [0.25, 0.3) is 0 Å². The molecule has 0 bridgehead atoms. The molecule has 0 saturated heterocycles. The Morgan fingerprint density at radius 1 is 1.30 bits per heavy atom. The molecule has 112 valence electrons. The summed E-state index contributed by atoms with van der Waals surface area (Å²) in [5.74, 6) is -0.519. The lowest BCUT2D eigenvalue weighted by atomic mass is 10.2. The number of nitrogens with one attached hydrogen (secondary N) is 2. The summed E-state index contributed by atoms with van der Waals surface area (Å²) in [6.45, 7) is 1.09. The molecule has 1 aromatic rings. The minimum atomic E-state index is -4.27. The number of alkyl halides is 3. The van der Waals surface area contributed by atoms with Crippen molar-refractivity contribution < 1.29 is 18.0 Å². The molecule has 0 radical (unpaired) electrons. The van der Waals surface area contributed by atoms with Crippen molar-refractivity contribution in [3.05, 3.63) is 28.2 Å². The fourth-order valence-electron chi connectivity index (χ4n) is 1.49. The Balaban J connectivity index is 2.49. The molecule has 2 N–H and O–H groups in total. The van der Waals surface area contributed by atoms with Gasteiger partial charge in [0.2, 0.25) is 5.91 Å². The molecule has 0 aliphatic rings. The molecular weight excluding hydrogens is 316 g/mol. The van der Waals surface area contributed by atoms with E-state index in [0.29, 0.717) is 0 Å². The molecule has 0 aromatic heterocycles. The maximum atomic E-state index is 12.1. The summed E-state index contributed by atoms with van der Waals surface area (Å²) in [5, 5.41) is 5.45. The zero-order valence-electron chi connectivity index (χ0n) is 10.5. The number of rotatable bonds is 5. The fourth-order valence-corrected chi connectivity index (χ4v) is 1.98. The monoisotopic (exact) mass is 328 g/mol. The lowest BCUT2D eigenvalue weighted by Crippen LogP contribution is -2.37. The van der Waals surface area contributed by atoms with Gasteiger partial charge in [-0.1, -0.05) is 29.3 Å². The molecule has 0 spiro atoms. The van der Waals surface area contributed by atoms with E-state index in [9.17, 15) is 18.0 Å². The van der Waals surface area contributed by atoms with Gasteiger partial charge in [0.15, 0.2) is 0 Å². The van der Waals surface area contributed by atoms with Gasteiger partial charge in [-0.3, -0.25) is 4.79 Å². The van der Waals surface area contributed by atoms with Crippen LogP contribution in [0.5, 0.6) is 0 Å². The van der Waals surface area contributed by atoms with Gasteiger partial charge < -0.3 is 10.6 Å². The number of halogens is 5. The first-order valence-corrected chi connectivity index (χ1v) is 6.48. The van der Waals surface area contributed by atoms with Gasteiger partial charge >= 0.3 is 6.18 Å². The molecule has 0 fully saturated rings. The summed E-state index contributed by atoms with van der Waals surface area (Å²) in [6.07, 6.45) is -5.28. The van der Waals surface area contributed by atoms with Crippen molar-refractivity contribution in [2.75, 3.05) is 11.9 Å². The highest BCUT2D eigenvalue weighted by molar-refractivity contribution is 6.39. The second-order valence-electron chi connectivity index (χ2n) is 4.25. The predicted octanol–water partition coefficient (Wildman–Crippen LogP) is 3.86. The van der Waals surface area contributed by atoms with E-state index >= 15 is 0 Å². The molecule has 1 amide bonds. The summed E-state index contributed by atoms with van der Waals surface area (Å²) in [6, 6.07) is 3.85. The van der Waals surface area contributed by atoms with Crippen molar-refractivity contribution in [2.45, 2.75) is 25.6 Å². The average Bonchev–Trinajstić information content (AvgIpc) is 2.29. The van der Waals surface area contributed by atoms with E-state index in [1.54, 1.807) is 18.2 Å². The Hall–Kier alpha value is -0.980. The third kappa shape index (κ3) is 5.98. The first kappa shape index (κ1) is 17.1.